The van der Waals surface area contributed by atoms with E-state index in [0.717, 1.165) is 0 Å². The molecule has 5 atom stereocenters. The topological polar surface area (TPSA) is 127 Å². The van der Waals surface area contributed by atoms with Crippen molar-refractivity contribution >= 4 is 5.97 Å². The monoisotopic (exact) mass is 194 g/mol. The summed E-state index contributed by atoms with van der Waals surface area (Å²) >= 11 is 0. The fraction of sp³-hybridized carbons (Fsp3) is 0.833. The van der Waals surface area contributed by atoms with Crippen LogP contribution in [0, 0.1) is 0 Å². The van der Waals surface area contributed by atoms with Gasteiger partial charge in [-0.2, -0.15) is 0 Å². The van der Waals surface area contributed by atoms with Crippen molar-refractivity contribution < 1.29 is 35.1 Å². The molecule has 0 saturated carbocycles. The first-order chi connectivity index (χ1) is 5.95. The van der Waals surface area contributed by atoms with Crippen LogP contribution in [-0.2, 0) is 9.53 Å². The van der Waals surface area contributed by atoms with Crippen molar-refractivity contribution in [3.63, 3.8) is 0 Å². The molecule has 1 aliphatic rings. The number of hydrogen-bond acceptors (Lipinski definition) is 7. The lowest BCUT2D eigenvalue weighted by Crippen LogP contribution is -2.46. The molecule has 0 spiro atoms. The van der Waals surface area contributed by atoms with Crippen LogP contribution in [0.1, 0.15) is 0 Å². The molecule has 0 aromatic rings. The van der Waals surface area contributed by atoms with Crippen molar-refractivity contribution in [1.82, 2.24) is 0 Å². The van der Waals surface area contributed by atoms with Crippen molar-refractivity contribution in [2.75, 3.05) is 0 Å². The summed E-state index contributed by atoms with van der Waals surface area (Å²) in [5.74, 6) is -1.30. The first-order valence-corrected chi connectivity index (χ1v) is 3.56. The van der Waals surface area contributed by atoms with Crippen LogP contribution in [0.4, 0.5) is 0 Å². The van der Waals surface area contributed by atoms with Crippen molar-refractivity contribution in [3.8, 4) is 0 Å². The number of aliphatic hydroxyl groups is 5. The first kappa shape index (κ1) is 10.4. The van der Waals surface area contributed by atoms with Crippen molar-refractivity contribution in [3.05, 3.63) is 0 Å². The Morgan fingerprint density at radius 3 is 2.00 bits per heavy atom. The molecular formula is C6H10O7. The summed E-state index contributed by atoms with van der Waals surface area (Å²) in [4.78, 5) is 10.7. The van der Waals surface area contributed by atoms with Gasteiger partial charge in [0.1, 0.15) is 18.3 Å². The van der Waals surface area contributed by atoms with Crippen LogP contribution in [0.25, 0.3) is 0 Å². The van der Waals surface area contributed by atoms with Gasteiger partial charge in [0.25, 0.3) is 0 Å². The highest BCUT2D eigenvalue weighted by atomic mass is 16.7. The zero-order chi connectivity index (χ0) is 10.2. The largest absolute Gasteiger partial charge is 0.431 e. The third-order valence-corrected chi connectivity index (χ3v) is 1.79. The SMILES string of the molecule is O=C1OC(O)C(O)C(O)C(O)C1O. The summed E-state index contributed by atoms with van der Waals surface area (Å²) in [5.41, 5.74) is 0. The number of rotatable bonds is 0. The minimum Gasteiger partial charge on any atom is -0.431 e. The van der Waals surface area contributed by atoms with E-state index in [-0.39, 0.29) is 0 Å². The van der Waals surface area contributed by atoms with E-state index in [1.54, 1.807) is 0 Å². The van der Waals surface area contributed by atoms with Gasteiger partial charge in [-0.25, -0.2) is 4.79 Å². The summed E-state index contributed by atoms with van der Waals surface area (Å²) in [6, 6.07) is 0. The maximum atomic E-state index is 10.7. The average molecular weight is 194 g/mol. The third kappa shape index (κ3) is 1.79. The molecule has 0 aromatic heterocycles. The quantitative estimate of drug-likeness (QED) is 0.251. The minimum absolute atomic E-state index is 1.30. The van der Waals surface area contributed by atoms with Crippen LogP contribution in [0.15, 0.2) is 0 Å². The van der Waals surface area contributed by atoms with Gasteiger partial charge in [0, 0.05) is 0 Å². The zero-order valence-corrected chi connectivity index (χ0v) is 6.44. The van der Waals surface area contributed by atoms with Crippen LogP contribution in [-0.4, -0.2) is 62.2 Å². The van der Waals surface area contributed by atoms with Gasteiger partial charge in [-0.1, -0.05) is 0 Å². The summed E-state index contributed by atoms with van der Waals surface area (Å²) < 4.78 is 4.07. The number of ether oxygens (including phenoxy) is 1. The predicted octanol–water partition coefficient (Wildman–Crippen LogP) is -3.69. The van der Waals surface area contributed by atoms with E-state index >= 15 is 0 Å². The van der Waals surface area contributed by atoms with Crippen LogP contribution >= 0.6 is 0 Å². The Balaban J connectivity index is 2.85. The smallest absolute Gasteiger partial charge is 0.340 e. The van der Waals surface area contributed by atoms with E-state index in [9.17, 15) is 4.79 Å². The Morgan fingerprint density at radius 1 is 0.923 bits per heavy atom. The Kier molecular flexibility index (Phi) is 2.84. The van der Waals surface area contributed by atoms with Gasteiger partial charge < -0.3 is 30.3 Å². The Hall–Kier alpha value is -0.730. The molecule has 5 unspecified atom stereocenters. The lowest BCUT2D eigenvalue weighted by molar-refractivity contribution is -0.194. The molecule has 7 heteroatoms. The molecule has 1 heterocycles. The van der Waals surface area contributed by atoms with E-state index in [0.29, 0.717) is 0 Å². The van der Waals surface area contributed by atoms with Crippen LogP contribution < -0.4 is 0 Å². The van der Waals surface area contributed by atoms with Crippen LogP contribution in [0.3, 0.4) is 0 Å². The number of cyclic esters (lactones) is 1. The second kappa shape index (κ2) is 3.56. The summed E-state index contributed by atoms with van der Waals surface area (Å²) in [6.07, 6.45) is -9.47. The third-order valence-electron chi connectivity index (χ3n) is 1.79. The number of hydrogen-bond donors (Lipinski definition) is 5. The van der Waals surface area contributed by atoms with Gasteiger partial charge in [-0.15, -0.1) is 0 Å². The normalized spacial score (nSPS) is 46.8. The number of esters is 1. The molecule has 7 nitrogen and oxygen atoms in total. The Morgan fingerprint density at radius 2 is 1.46 bits per heavy atom. The van der Waals surface area contributed by atoms with Gasteiger partial charge in [0.2, 0.25) is 6.29 Å². The standard InChI is InChI=1S/C6H10O7/c7-1-2(8)4(10)6(12)13-5(11)3(1)9/h1-5,7-11H. The lowest BCUT2D eigenvalue weighted by Gasteiger charge is -2.20. The van der Waals surface area contributed by atoms with E-state index in [1.807, 2.05) is 0 Å². The summed E-state index contributed by atoms with van der Waals surface area (Å²) in [5, 5.41) is 44.8. The van der Waals surface area contributed by atoms with Gasteiger partial charge in [0.15, 0.2) is 6.10 Å². The molecule has 5 N–H and O–H groups in total. The maximum absolute atomic E-state index is 10.7. The molecule has 0 bridgehead atoms. The maximum Gasteiger partial charge on any atom is 0.340 e. The molecular weight excluding hydrogens is 184 g/mol. The fourth-order valence-electron chi connectivity index (χ4n) is 0.955. The molecule has 0 radical (unpaired) electrons. The average Bonchev–Trinajstić information content (AvgIpc) is 2.15. The lowest BCUT2D eigenvalue weighted by atomic mass is 10.0. The molecule has 13 heavy (non-hydrogen) atoms. The summed E-state index contributed by atoms with van der Waals surface area (Å²) in [7, 11) is 0. The fourth-order valence-corrected chi connectivity index (χ4v) is 0.955. The molecule has 76 valence electrons. The van der Waals surface area contributed by atoms with Gasteiger partial charge in [0.05, 0.1) is 0 Å². The molecule has 0 aromatic carbocycles. The van der Waals surface area contributed by atoms with Gasteiger partial charge >= 0.3 is 5.97 Å². The first-order valence-electron chi connectivity index (χ1n) is 3.56. The summed E-state index contributed by atoms with van der Waals surface area (Å²) in [6.45, 7) is 0. The number of carbonyl (C=O) groups is 1. The molecule has 1 saturated heterocycles. The molecule has 1 rings (SSSR count). The zero-order valence-electron chi connectivity index (χ0n) is 6.44. The number of carbonyl (C=O) groups excluding carboxylic acids is 1. The van der Waals surface area contributed by atoms with Crippen molar-refractivity contribution in [1.29, 1.82) is 0 Å². The van der Waals surface area contributed by atoms with E-state index in [1.165, 1.54) is 0 Å². The van der Waals surface area contributed by atoms with Crippen LogP contribution in [0.2, 0.25) is 0 Å². The highest BCUT2D eigenvalue weighted by molar-refractivity contribution is 5.75. The van der Waals surface area contributed by atoms with Gasteiger partial charge in [-0.05, 0) is 0 Å². The highest BCUT2D eigenvalue weighted by Gasteiger charge is 2.43. The van der Waals surface area contributed by atoms with Crippen molar-refractivity contribution in [2.45, 2.75) is 30.7 Å². The Bertz CT molecular complexity index is 205. The second-order valence-corrected chi connectivity index (χ2v) is 2.74. The number of aliphatic hydroxyl groups excluding tert-OH is 5. The van der Waals surface area contributed by atoms with E-state index in [2.05, 4.69) is 4.74 Å². The highest BCUT2D eigenvalue weighted by Crippen LogP contribution is 2.15. The minimum atomic E-state index is -1.97. The van der Waals surface area contributed by atoms with E-state index in [4.69, 9.17) is 25.5 Å². The second-order valence-electron chi connectivity index (χ2n) is 2.74. The van der Waals surface area contributed by atoms with Gasteiger partial charge in [-0.3, -0.25) is 0 Å². The molecule has 0 aliphatic carbocycles. The molecule has 1 aliphatic heterocycles. The predicted molar refractivity (Wildman–Crippen MR) is 36.1 cm³/mol. The van der Waals surface area contributed by atoms with Crippen molar-refractivity contribution in [2.24, 2.45) is 0 Å². The van der Waals surface area contributed by atoms with Crippen LogP contribution in [0.5, 0.6) is 0 Å². The molecule has 1 fully saturated rings. The van der Waals surface area contributed by atoms with E-state index < -0.39 is 36.7 Å². The Labute approximate surface area is 72.8 Å². The molecule has 0 amide bonds.